The highest BCUT2D eigenvalue weighted by Crippen LogP contribution is 2.24. The van der Waals surface area contributed by atoms with Crippen molar-refractivity contribution in [3.63, 3.8) is 0 Å². The molecule has 0 bridgehead atoms. The molecule has 4 rings (SSSR count). The molecule has 0 aliphatic heterocycles. The Morgan fingerprint density at radius 2 is 1.59 bits per heavy atom. The van der Waals surface area contributed by atoms with E-state index in [0.717, 1.165) is 48.6 Å². The number of anilines is 1. The molecule has 3 aromatic rings. The SMILES string of the molecule is CCOc1ccc(N(CCCC(=O)N(Cc2ccc(C)cc2)C(Cc2ccccc2)C(=O)NC2CCCC2)S(C)(=O)=O)cc1. The largest absolute Gasteiger partial charge is 0.494 e. The van der Waals surface area contributed by atoms with Crippen LogP contribution < -0.4 is 14.4 Å². The third-order valence-corrected chi connectivity index (χ3v) is 9.23. The van der Waals surface area contributed by atoms with Gasteiger partial charge in [-0.25, -0.2) is 8.42 Å². The summed E-state index contributed by atoms with van der Waals surface area (Å²) in [6.07, 6.45) is 6.02. The normalized spacial score (nSPS) is 14.2. The first-order chi connectivity index (χ1) is 21.1. The highest BCUT2D eigenvalue weighted by atomic mass is 32.2. The van der Waals surface area contributed by atoms with Gasteiger partial charge < -0.3 is 15.0 Å². The zero-order valence-electron chi connectivity index (χ0n) is 26.1. The maximum atomic E-state index is 14.0. The minimum atomic E-state index is -3.59. The Balaban J connectivity index is 1.56. The summed E-state index contributed by atoms with van der Waals surface area (Å²) < 4.78 is 32.3. The lowest BCUT2D eigenvalue weighted by Gasteiger charge is -2.33. The summed E-state index contributed by atoms with van der Waals surface area (Å²) >= 11 is 0. The summed E-state index contributed by atoms with van der Waals surface area (Å²) in [4.78, 5) is 29.6. The second-order valence-electron chi connectivity index (χ2n) is 11.6. The number of sulfonamides is 1. The van der Waals surface area contributed by atoms with Crippen LogP contribution in [0.1, 0.15) is 62.1 Å². The molecule has 0 aromatic heterocycles. The molecule has 1 aliphatic rings. The summed E-state index contributed by atoms with van der Waals surface area (Å²) in [7, 11) is -3.59. The van der Waals surface area contributed by atoms with Crippen molar-refractivity contribution in [3.05, 3.63) is 95.6 Å². The number of carbonyl (C=O) groups is 2. The molecule has 9 heteroatoms. The summed E-state index contributed by atoms with van der Waals surface area (Å²) in [5.74, 6) is 0.327. The van der Waals surface area contributed by atoms with E-state index in [9.17, 15) is 18.0 Å². The zero-order valence-corrected chi connectivity index (χ0v) is 26.9. The topological polar surface area (TPSA) is 96.0 Å². The van der Waals surface area contributed by atoms with Gasteiger partial charge in [-0.2, -0.15) is 0 Å². The van der Waals surface area contributed by atoms with Crippen LogP contribution in [0.3, 0.4) is 0 Å². The van der Waals surface area contributed by atoms with Crippen LogP contribution in [-0.4, -0.2) is 56.6 Å². The lowest BCUT2D eigenvalue weighted by Crippen LogP contribution is -2.52. The van der Waals surface area contributed by atoms with E-state index < -0.39 is 16.1 Å². The lowest BCUT2D eigenvalue weighted by atomic mass is 10.0. The maximum Gasteiger partial charge on any atom is 0.243 e. The molecule has 2 amide bonds. The smallest absolute Gasteiger partial charge is 0.243 e. The van der Waals surface area contributed by atoms with Crippen LogP contribution in [0, 0.1) is 6.92 Å². The van der Waals surface area contributed by atoms with E-state index in [0.29, 0.717) is 30.9 Å². The fraction of sp³-hybridized carbons (Fsp3) is 0.429. The van der Waals surface area contributed by atoms with Gasteiger partial charge in [-0.1, -0.05) is 73.0 Å². The first-order valence-electron chi connectivity index (χ1n) is 15.5. The summed E-state index contributed by atoms with van der Waals surface area (Å²) in [5, 5.41) is 3.23. The van der Waals surface area contributed by atoms with Gasteiger partial charge in [-0.3, -0.25) is 13.9 Å². The van der Waals surface area contributed by atoms with Gasteiger partial charge in [0.05, 0.1) is 18.6 Å². The van der Waals surface area contributed by atoms with Gasteiger partial charge >= 0.3 is 0 Å². The van der Waals surface area contributed by atoms with Crippen molar-refractivity contribution in [1.29, 1.82) is 0 Å². The van der Waals surface area contributed by atoms with Crippen LogP contribution in [0.5, 0.6) is 5.75 Å². The van der Waals surface area contributed by atoms with E-state index in [1.807, 2.05) is 68.4 Å². The minimum Gasteiger partial charge on any atom is -0.494 e. The summed E-state index contributed by atoms with van der Waals surface area (Å²) in [6.45, 7) is 4.83. The molecule has 0 radical (unpaired) electrons. The summed E-state index contributed by atoms with van der Waals surface area (Å²) in [6, 6.07) is 24.1. The van der Waals surface area contributed by atoms with E-state index in [-0.39, 0.29) is 37.4 Å². The first-order valence-corrected chi connectivity index (χ1v) is 17.4. The number of nitrogens with zero attached hydrogens (tertiary/aromatic N) is 2. The van der Waals surface area contributed by atoms with E-state index in [2.05, 4.69) is 5.32 Å². The Morgan fingerprint density at radius 3 is 2.20 bits per heavy atom. The number of ether oxygens (including phenoxy) is 1. The van der Waals surface area contributed by atoms with Crippen molar-refractivity contribution in [2.24, 2.45) is 0 Å². The Kier molecular flexibility index (Phi) is 11.8. The van der Waals surface area contributed by atoms with Crippen molar-refractivity contribution in [2.45, 2.75) is 77.4 Å². The van der Waals surface area contributed by atoms with Gasteiger partial charge in [0.2, 0.25) is 21.8 Å². The van der Waals surface area contributed by atoms with Crippen LogP contribution in [0.2, 0.25) is 0 Å². The van der Waals surface area contributed by atoms with Crippen molar-refractivity contribution in [1.82, 2.24) is 10.2 Å². The number of nitrogens with one attached hydrogen (secondary N) is 1. The molecule has 0 saturated heterocycles. The molecule has 1 fully saturated rings. The molecule has 3 aromatic carbocycles. The third kappa shape index (κ3) is 9.58. The van der Waals surface area contributed by atoms with E-state index in [1.54, 1.807) is 29.2 Å². The number of benzene rings is 3. The fourth-order valence-corrected chi connectivity index (χ4v) is 6.66. The molecule has 1 unspecified atom stereocenters. The molecule has 236 valence electrons. The van der Waals surface area contributed by atoms with E-state index in [1.165, 1.54) is 4.31 Å². The Labute approximate surface area is 262 Å². The zero-order chi connectivity index (χ0) is 31.5. The maximum absolute atomic E-state index is 14.0. The predicted octanol–water partition coefficient (Wildman–Crippen LogP) is 5.64. The van der Waals surface area contributed by atoms with Gasteiger partial charge in [-0.05, 0) is 68.5 Å². The molecule has 8 nitrogen and oxygen atoms in total. The molecule has 1 aliphatic carbocycles. The molecule has 1 atom stereocenters. The van der Waals surface area contributed by atoms with Crippen LogP contribution in [0.15, 0.2) is 78.9 Å². The monoisotopic (exact) mass is 619 g/mol. The lowest BCUT2D eigenvalue weighted by molar-refractivity contribution is -0.141. The average Bonchev–Trinajstić information content (AvgIpc) is 3.51. The van der Waals surface area contributed by atoms with Gasteiger partial charge in [-0.15, -0.1) is 0 Å². The van der Waals surface area contributed by atoms with Crippen LogP contribution >= 0.6 is 0 Å². The number of rotatable bonds is 15. The van der Waals surface area contributed by atoms with Crippen LogP contribution in [0.25, 0.3) is 0 Å². The molecular formula is C35H45N3O5S. The number of aryl methyl sites for hydroxylation is 1. The van der Waals surface area contributed by atoms with Gasteiger partial charge in [0.15, 0.2) is 0 Å². The second-order valence-corrected chi connectivity index (χ2v) is 13.5. The first kappa shape index (κ1) is 33.1. The standard InChI is InChI=1S/C35H45N3O5S/c1-4-43-32-22-20-31(21-23-32)38(44(3,41)42)24-10-15-34(39)37(26-29-18-16-27(2)17-19-29)33(25-28-11-6-5-7-12-28)35(40)36-30-13-8-9-14-30/h5-7,11-12,16-23,30,33H,4,8-10,13-15,24-26H2,1-3H3,(H,36,40). The van der Waals surface area contributed by atoms with Gasteiger partial charge in [0, 0.05) is 32.0 Å². The van der Waals surface area contributed by atoms with Gasteiger partial charge in [0.25, 0.3) is 0 Å². The number of carbonyl (C=O) groups excluding carboxylic acids is 2. The van der Waals surface area contributed by atoms with E-state index >= 15 is 0 Å². The van der Waals surface area contributed by atoms with Crippen molar-refractivity contribution in [2.75, 3.05) is 23.7 Å². The number of amides is 2. The molecule has 1 N–H and O–H groups in total. The summed E-state index contributed by atoms with van der Waals surface area (Å²) in [5.41, 5.74) is 3.53. The predicted molar refractivity (Wildman–Crippen MR) is 175 cm³/mol. The molecular weight excluding hydrogens is 574 g/mol. The molecule has 44 heavy (non-hydrogen) atoms. The fourth-order valence-electron chi connectivity index (χ4n) is 5.69. The Bertz CT molecular complexity index is 1450. The molecule has 0 spiro atoms. The highest BCUT2D eigenvalue weighted by Gasteiger charge is 2.32. The van der Waals surface area contributed by atoms with E-state index in [4.69, 9.17) is 4.74 Å². The number of hydrogen-bond acceptors (Lipinski definition) is 5. The minimum absolute atomic E-state index is 0.0942. The van der Waals surface area contributed by atoms with Crippen molar-refractivity contribution in [3.8, 4) is 5.75 Å². The Hall–Kier alpha value is -3.85. The average molecular weight is 620 g/mol. The van der Waals surface area contributed by atoms with Crippen LogP contribution in [0.4, 0.5) is 5.69 Å². The molecule has 0 heterocycles. The number of hydrogen-bond donors (Lipinski definition) is 1. The Morgan fingerprint density at radius 1 is 0.932 bits per heavy atom. The van der Waals surface area contributed by atoms with Gasteiger partial charge in [0.1, 0.15) is 11.8 Å². The third-order valence-electron chi connectivity index (χ3n) is 8.03. The highest BCUT2D eigenvalue weighted by molar-refractivity contribution is 7.92. The van der Waals surface area contributed by atoms with Crippen LogP contribution in [-0.2, 0) is 32.6 Å². The van der Waals surface area contributed by atoms with Crippen molar-refractivity contribution >= 4 is 27.5 Å². The molecule has 1 saturated carbocycles. The second kappa shape index (κ2) is 15.7. The van der Waals surface area contributed by atoms with Crippen molar-refractivity contribution < 1.29 is 22.7 Å². The quantitative estimate of drug-likeness (QED) is 0.238.